The first-order valence-corrected chi connectivity index (χ1v) is 8.87. The van der Waals surface area contributed by atoms with Crippen LogP contribution in [0.15, 0.2) is 29.2 Å². The number of rotatable bonds is 3. The number of hydrogen-bond acceptors (Lipinski definition) is 4. The molecule has 0 unspecified atom stereocenters. The summed E-state index contributed by atoms with van der Waals surface area (Å²) < 4.78 is 26.4. The first kappa shape index (κ1) is 17.3. The van der Waals surface area contributed by atoms with Crippen molar-refractivity contribution < 1.29 is 18.0 Å². The van der Waals surface area contributed by atoms with E-state index in [9.17, 15) is 18.0 Å². The Hall–Kier alpha value is -2.09. The van der Waals surface area contributed by atoms with Gasteiger partial charge in [-0.05, 0) is 32.9 Å². The molecule has 1 aromatic rings. The minimum Gasteiger partial charge on any atom is -0.337 e. The lowest BCUT2D eigenvalue weighted by Gasteiger charge is -2.36. The summed E-state index contributed by atoms with van der Waals surface area (Å²) in [5.74, 6) is -0.186. The zero-order chi connectivity index (χ0) is 17.2. The van der Waals surface area contributed by atoms with Crippen LogP contribution in [-0.2, 0) is 14.8 Å². The Bertz CT molecular complexity index is 698. The maximum absolute atomic E-state index is 12.2. The molecule has 2 rings (SSSR count). The number of hydrogen-bond donors (Lipinski definition) is 1. The molecule has 0 saturated carbocycles. The Labute approximate surface area is 136 Å². The smallest absolute Gasteiger partial charge is 0.331 e. The molecule has 1 fully saturated rings. The fourth-order valence-corrected chi connectivity index (χ4v) is 3.33. The van der Waals surface area contributed by atoms with Crippen LogP contribution >= 0.6 is 0 Å². The summed E-state index contributed by atoms with van der Waals surface area (Å²) in [4.78, 5) is 27.0. The zero-order valence-corrected chi connectivity index (χ0v) is 14.3. The van der Waals surface area contributed by atoms with Crippen molar-refractivity contribution in [2.45, 2.75) is 31.7 Å². The molecule has 0 radical (unpaired) electrons. The highest BCUT2D eigenvalue weighted by molar-refractivity contribution is 7.90. The number of nitrogens with zero attached hydrogens (tertiary/aromatic N) is 2. The Balaban J connectivity index is 2.05. The van der Waals surface area contributed by atoms with Crippen molar-refractivity contribution in [1.29, 1.82) is 0 Å². The van der Waals surface area contributed by atoms with E-state index in [4.69, 9.17) is 0 Å². The highest BCUT2D eigenvalue weighted by Gasteiger charge is 2.30. The minimum absolute atomic E-state index is 0.0172. The fourth-order valence-electron chi connectivity index (χ4n) is 2.36. The van der Waals surface area contributed by atoms with Crippen LogP contribution in [-0.4, -0.2) is 55.8 Å². The second kappa shape index (κ2) is 6.57. The Morgan fingerprint density at radius 3 is 2.30 bits per heavy atom. The van der Waals surface area contributed by atoms with Gasteiger partial charge < -0.3 is 9.80 Å². The maximum atomic E-state index is 12.2. The molecule has 1 heterocycles. The Morgan fingerprint density at radius 2 is 1.78 bits per heavy atom. The first-order valence-electron chi connectivity index (χ1n) is 7.38. The maximum Gasteiger partial charge on any atom is 0.331 e. The van der Waals surface area contributed by atoms with Crippen LogP contribution in [0.5, 0.6) is 0 Å². The van der Waals surface area contributed by atoms with E-state index in [0.717, 1.165) is 5.56 Å². The normalized spacial score (nSPS) is 15.9. The number of urea groups is 1. The van der Waals surface area contributed by atoms with E-state index in [1.807, 2.05) is 25.5 Å². The van der Waals surface area contributed by atoms with E-state index in [0.29, 0.717) is 13.1 Å². The summed E-state index contributed by atoms with van der Waals surface area (Å²) in [7, 11) is -3.94. The average molecular weight is 339 g/mol. The number of benzene rings is 1. The molecule has 23 heavy (non-hydrogen) atoms. The van der Waals surface area contributed by atoms with E-state index in [1.165, 1.54) is 17.0 Å². The molecule has 0 spiro atoms. The SMILES string of the molecule is Cc1ccc(S(=O)(=O)NC(=O)N2CCN(C(C)C)C(=O)C2)cc1. The van der Waals surface area contributed by atoms with Crippen molar-refractivity contribution >= 4 is 22.0 Å². The van der Waals surface area contributed by atoms with Crippen molar-refractivity contribution in [3.8, 4) is 0 Å². The lowest BCUT2D eigenvalue weighted by molar-refractivity contribution is -0.136. The van der Waals surface area contributed by atoms with E-state index in [1.54, 1.807) is 17.0 Å². The quantitative estimate of drug-likeness (QED) is 0.888. The van der Waals surface area contributed by atoms with Gasteiger partial charge in [0.15, 0.2) is 0 Å². The third kappa shape index (κ3) is 4.01. The number of carbonyl (C=O) groups excluding carboxylic acids is 2. The second-order valence-corrected chi connectivity index (χ2v) is 7.51. The van der Waals surface area contributed by atoms with Gasteiger partial charge in [-0.2, -0.15) is 0 Å². The van der Waals surface area contributed by atoms with Crippen molar-refractivity contribution in [3.05, 3.63) is 29.8 Å². The zero-order valence-electron chi connectivity index (χ0n) is 13.4. The van der Waals surface area contributed by atoms with Crippen LogP contribution in [0.4, 0.5) is 4.79 Å². The van der Waals surface area contributed by atoms with Gasteiger partial charge in [-0.1, -0.05) is 17.7 Å². The summed E-state index contributed by atoms with van der Waals surface area (Å²) in [6.07, 6.45) is 0. The van der Waals surface area contributed by atoms with Gasteiger partial charge in [-0.15, -0.1) is 0 Å². The topological polar surface area (TPSA) is 86.8 Å². The van der Waals surface area contributed by atoms with Crippen molar-refractivity contribution in [1.82, 2.24) is 14.5 Å². The Morgan fingerprint density at radius 1 is 1.17 bits per heavy atom. The van der Waals surface area contributed by atoms with Crippen LogP contribution in [0.25, 0.3) is 0 Å². The molecule has 0 aromatic heterocycles. The number of carbonyl (C=O) groups is 2. The molecule has 1 N–H and O–H groups in total. The molecule has 7 nitrogen and oxygen atoms in total. The van der Waals surface area contributed by atoms with Crippen LogP contribution in [0, 0.1) is 6.92 Å². The lowest BCUT2D eigenvalue weighted by Crippen LogP contribution is -2.56. The van der Waals surface area contributed by atoms with Crippen molar-refractivity contribution in [2.24, 2.45) is 0 Å². The van der Waals surface area contributed by atoms with Crippen LogP contribution < -0.4 is 4.72 Å². The van der Waals surface area contributed by atoms with Crippen LogP contribution in [0.1, 0.15) is 19.4 Å². The molecule has 3 amide bonds. The number of amides is 3. The molecular formula is C15H21N3O4S. The lowest BCUT2D eigenvalue weighted by atomic mass is 10.2. The van der Waals surface area contributed by atoms with Gasteiger partial charge in [0.25, 0.3) is 10.0 Å². The molecule has 1 aliphatic rings. The molecule has 126 valence electrons. The molecule has 1 saturated heterocycles. The molecular weight excluding hydrogens is 318 g/mol. The van der Waals surface area contributed by atoms with Gasteiger partial charge in [0.05, 0.1) is 4.90 Å². The van der Waals surface area contributed by atoms with Gasteiger partial charge in [0.1, 0.15) is 6.54 Å². The monoisotopic (exact) mass is 339 g/mol. The Kier molecular flexibility index (Phi) is 4.93. The van der Waals surface area contributed by atoms with E-state index in [2.05, 4.69) is 0 Å². The number of piperazine rings is 1. The van der Waals surface area contributed by atoms with Crippen LogP contribution in [0.2, 0.25) is 0 Å². The number of nitrogens with one attached hydrogen (secondary N) is 1. The first-order chi connectivity index (χ1) is 10.7. The third-order valence-corrected chi connectivity index (χ3v) is 5.06. The molecule has 0 bridgehead atoms. The van der Waals surface area contributed by atoms with Crippen molar-refractivity contribution in [3.63, 3.8) is 0 Å². The molecule has 0 aliphatic carbocycles. The number of aryl methyl sites for hydroxylation is 1. The van der Waals surface area contributed by atoms with Gasteiger partial charge in [-0.3, -0.25) is 4.79 Å². The predicted octanol–water partition coefficient (Wildman–Crippen LogP) is 0.946. The summed E-state index contributed by atoms with van der Waals surface area (Å²) in [6.45, 7) is 6.22. The van der Waals surface area contributed by atoms with Gasteiger partial charge >= 0.3 is 6.03 Å². The van der Waals surface area contributed by atoms with Crippen molar-refractivity contribution in [2.75, 3.05) is 19.6 Å². The third-order valence-electron chi connectivity index (χ3n) is 3.72. The highest BCUT2D eigenvalue weighted by Crippen LogP contribution is 2.12. The summed E-state index contributed by atoms with van der Waals surface area (Å²) >= 11 is 0. The van der Waals surface area contributed by atoms with Gasteiger partial charge in [0, 0.05) is 19.1 Å². The largest absolute Gasteiger partial charge is 0.337 e. The summed E-state index contributed by atoms with van der Waals surface area (Å²) in [5.41, 5.74) is 0.922. The molecule has 8 heteroatoms. The van der Waals surface area contributed by atoms with Crippen LogP contribution in [0.3, 0.4) is 0 Å². The fraction of sp³-hybridized carbons (Fsp3) is 0.467. The van der Waals surface area contributed by atoms with Gasteiger partial charge in [-0.25, -0.2) is 17.9 Å². The molecule has 1 aliphatic heterocycles. The second-order valence-electron chi connectivity index (χ2n) is 5.83. The minimum atomic E-state index is -3.94. The predicted molar refractivity (Wildman–Crippen MR) is 85.3 cm³/mol. The average Bonchev–Trinajstić information content (AvgIpc) is 2.46. The molecule has 1 aromatic carbocycles. The van der Waals surface area contributed by atoms with Gasteiger partial charge in [0.2, 0.25) is 5.91 Å². The number of sulfonamides is 1. The van der Waals surface area contributed by atoms with E-state index in [-0.39, 0.29) is 23.4 Å². The molecule has 0 atom stereocenters. The van der Waals surface area contributed by atoms with E-state index >= 15 is 0 Å². The standard InChI is InChI=1S/C15H21N3O4S/c1-11(2)18-9-8-17(10-14(18)19)15(20)16-23(21,22)13-6-4-12(3)5-7-13/h4-7,11H,8-10H2,1-3H3,(H,16,20). The highest BCUT2D eigenvalue weighted by atomic mass is 32.2. The summed E-state index contributed by atoms with van der Waals surface area (Å²) in [5, 5.41) is 0. The summed E-state index contributed by atoms with van der Waals surface area (Å²) in [6, 6.07) is 5.47. The van der Waals surface area contributed by atoms with E-state index < -0.39 is 16.1 Å².